The minimum atomic E-state index is -0.127. The average Bonchev–Trinajstić information content (AvgIpc) is 3.01. The van der Waals surface area contributed by atoms with Gasteiger partial charge in [-0.05, 0) is 38.0 Å². The van der Waals surface area contributed by atoms with Crippen molar-refractivity contribution >= 4 is 33.3 Å². The molecule has 0 aliphatic heterocycles. The number of aromatic nitrogens is 2. The second-order valence-corrected chi connectivity index (χ2v) is 8.33. The van der Waals surface area contributed by atoms with E-state index in [0.717, 1.165) is 16.8 Å². The Balaban J connectivity index is 2.26. The normalized spacial score (nSPS) is 12.1. The maximum absolute atomic E-state index is 13.4. The Morgan fingerprint density at radius 3 is 2.89 bits per heavy atom. The molecule has 0 N–H and O–H groups in total. The van der Waals surface area contributed by atoms with Gasteiger partial charge in [-0.3, -0.25) is 9.36 Å². The number of hydrogen-bond donors (Lipinski definition) is 0. The first-order valence-corrected chi connectivity index (χ1v) is 10.5. The maximum atomic E-state index is 13.4. The van der Waals surface area contributed by atoms with E-state index in [1.807, 2.05) is 38.1 Å². The number of nitriles is 1. The van der Waals surface area contributed by atoms with Crippen LogP contribution in [0.25, 0.3) is 15.9 Å². The third-order valence-electron chi connectivity index (χ3n) is 4.35. The van der Waals surface area contributed by atoms with Crippen LogP contribution in [-0.4, -0.2) is 22.4 Å². The van der Waals surface area contributed by atoms with Crippen molar-refractivity contribution in [1.82, 2.24) is 9.55 Å². The van der Waals surface area contributed by atoms with Gasteiger partial charge in [-0.2, -0.15) is 5.26 Å². The average molecular weight is 400 g/mol. The van der Waals surface area contributed by atoms with Crippen LogP contribution in [0.15, 0.2) is 34.2 Å². The van der Waals surface area contributed by atoms with Gasteiger partial charge in [0.25, 0.3) is 5.56 Å². The zero-order valence-electron chi connectivity index (χ0n) is 15.8. The number of methoxy groups -OCH3 is 1. The minimum absolute atomic E-state index is 0.0752. The Hall–Kier alpha value is -2.30. The maximum Gasteiger partial charge on any atom is 0.267 e. The molecule has 0 amide bonds. The lowest BCUT2D eigenvalue weighted by molar-refractivity contribution is 0.414. The Bertz CT molecular complexity index is 1080. The lowest BCUT2D eigenvalue weighted by atomic mass is 10.2. The molecule has 0 saturated carbocycles. The highest BCUT2D eigenvalue weighted by atomic mass is 32.2. The molecule has 3 aromatic rings. The van der Waals surface area contributed by atoms with Crippen LogP contribution in [0.3, 0.4) is 0 Å². The Morgan fingerprint density at radius 2 is 2.22 bits per heavy atom. The fourth-order valence-electron chi connectivity index (χ4n) is 2.86. The van der Waals surface area contributed by atoms with E-state index in [-0.39, 0.29) is 11.5 Å². The van der Waals surface area contributed by atoms with Crippen molar-refractivity contribution in [2.75, 3.05) is 12.9 Å². The van der Waals surface area contributed by atoms with Gasteiger partial charge in [0.05, 0.1) is 30.2 Å². The largest absolute Gasteiger partial charge is 0.497 e. The summed E-state index contributed by atoms with van der Waals surface area (Å²) in [4.78, 5) is 20.2. The fourth-order valence-corrected chi connectivity index (χ4v) is 4.97. The molecule has 0 aliphatic carbocycles. The Kier molecular flexibility index (Phi) is 5.88. The van der Waals surface area contributed by atoms with Gasteiger partial charge in [0.15, 0.2) is 5.16 Å². The van der Waals surface area contributed by atoms with Crippen LogP contribution in [0.1, 0.15) is 24.3 Å². The van der Waals surface area contributed by atoms with E-state index >= 15 is 0 Å². The zero-order chi connectivity index (χ0) is 19.6. The number of benzene rings is 1. The molecule has 0 unspecified atom stereocenters. The monoisotopic (exact) mass is 399 g/mol. The highest BCUT2D eigenvalue weighted by Gasteiger charge is 2.19. The first-order chi connectivity index (χ1) is 13.0. The molecule has 5 nitrogen and oxygen atoms in total. The highest BCUT2D eigenvalue weighted by Crippen LogP contribution is 2.31. The quantitative estimate of drug-likeness (QED) is 0.448. The van der Waals surface area contributed by atoms with Crippen LogP contribution in [0.4, 0.5) is 0 Å². The molecule has 1 aromatic carbocycles. The number of thiophene rings is 1. The lowest BCUT2D eigenvalue weighted by Crippen LogP contribution is -2.22. The van der Waals surface area contributed by atoms with Crippen LogP contribution in [-0.2, 0) is 6.42 Å². The number of fused-ring (bicyclic) bond motifs is 1. The predicted molar refractivity (Wildman–Crippen MR) is 111 cm³/mol. The van der Waals surface area contributed by atoms with E-state index in [1.165, 1.54) is 16.6 Å². The molecule has 0 aliphatic rings. The number of thioether (sulfide) groups is 1. The summed E-state index contributed by atoms with van der Waals surface area (Å²) in [6, 6.07) is 9.63. The van der Waals surface area contributed by atoms with Crippen LogP contribution >= 0.6 is 23.1 Å². The van der Waals surface area contributed by atoms with Crippen molar-refractivity contribution < 1.29 is 4.74 Å². The van der Waals surface area contributed by atoms with Crippen molar-refractivity contribution in [3.63, 3.8) is 0 Å². The van der Waals surface area contributed by atoms with Crippen LogP contribution < -0.4 is 10.3 Å². The topological polar surface area (TPSA) is 67.9 Å². The molecule has 0 radical (unpaired) electrons. The third kappa shape index (κ3) is 3.73. The summed E-state index contributed by atoms with van der Waals surface area (Å²) in [5, 5.41) is 10.4. The molecule has 27 heavy (non-hydrogen) atoms. The minimum Gasteiger partial charge on any atom is -0.497 e. The number of ether oxygens (including phenoxy) is 1. The molecule has 140 valence electrons. The van der Waals surface area contributed by atoms with Gasteiger partial charge in [-0.1, -0.05) is 24.8 Å². The summed E-state index contributed by atoms with van der Waals surface area (Å²) in [5.74, 6) is 1.12. The standard InChI is InChI=1S/C20H21N3O2S2/c1-5-16-13(3)17-18(27-16)22-20(26-11-12(2)10-21)23(19(17)24)14-7-6-8-15(9-14)25-4/h6-9,12H,5,11H2,1-4H3/t12-/m1/s1. The lowest BCUT2D eigenvalue weighted by Gasteiger charge is -2.13. The molecule has 0 spiro atoms. The van der Waals surface area contributed by atoms with Gasteiger partial charge in [0.2, 0.25) is 0 Å². The van der Waals surface area contributed by atoms with E-state index in [2.05, 4.69) is 13.0 Å². The first-order valence-electron chi connectivity index (χ1n) is 8.72. The number of nitrogens with zero attached hydrogens (tertiary/aromatic N) is 3. The Morgan fingerprint density at radius 1 is 1.44 bits per heavy atom. The second-order valence-electron chi connectivity index (χ2n) is 6.26. The third-order valence-corrected chi connectivity index (χ3v) is 6.88. The molecule has 2 aromatic heterocycles. The SMILES string of the molecule is CCc1sc2nc(SC[C@H](C)C#N)n(-c3cccc(OC)c3)c(=O)c2c1C. The molecule has 3 rings (SSSR count). The van der Waals surface area contributed by atoms with Crippen molar-refractivity contribution in [3.8, 4) is 17.5 Å². The molecule has 0 saturated heterocycles. The zero-order valence-corrected chi connectivity index (χ0v) is 17.4. The van der Waals surface area contributed by atoms with Gasteiger partial charge in [0.1, 0.15) is 10.6 Å². The number of rotatable bonds is 6. The summed E-state index contributed by atoms with van der Waals surface area (Å²) < 4.78 is 6.96. The Labute approximate surface area is 166 Å². The molecule has 1 atom stereocenters. The van der Waals surface area contributed by atoms with Gasteiger partial charge < -0.3 is 4.74 Å². The summed E-state index contributed by atoms with van der Waals surface area (Å²) in [5.41, 5.74) is 1.65. The number of hydrogen-bond acceptors (Lipinski definition) is 6. The molecular weight excluding hydrogens is 378 g/mol. The van der Waals surface area contributed by atoms with E-state index in [9.17, 15) is 4.79 Å². The van der Waals surface area contributed by atoms with Gasteiger partial charge in [0, 0.05) is 16.7 Å². The molecule has 0 bridgehead atoms. The van der Waals surface area contributed by atoms with E-state index < -0.39 is 0 Å². The molecule has 0 fully saturated rings. The van der Waals surface area contributed by atoms with Crippen LogP contribution in [0.5, 0.6) is 5.75 Å². The van der Waals surface area contributed by atoms with Gasteiger partial charge in [-0.15, -0.1) is 11.3 Å². The van der Waals surface area contributed by atoms with E-state index in [0.29, 0.717) is 27.7 Å². The van der Waals surface area contributed by atoms with Crippen LogP contribution in [0.2, 0.25) is 0 Å². The van der Waals surface area contributed by atoms with Gasteiger partial charge >= 0.3 is 0 Å². The summed E-state index contributed by atoms with van der Waals surface area (Å²) in [6.45, 7) is 5.94. The summed E-state index contributed by atoms with van der Waals surface area (Å²) in [7, 11) is 1.60. The van der Waals surface area contributed by atoms with Gasteiger partial charge in [-0.25, -0.2) is 4.98 Å². The van der Waals surface area contributed by atoms with E-state index in [4.69, 9.17) is 15.0 Å². The van der Waals surface area contributed by atoms with Crippen molar-refractivity contribution in [2.24, 2.45) is 5.92 Å². The summed E-state index contributed by atoms with van der Waals surface area (Å²) in [6.07, 6.45) is 0.874. The molecule has 7 heteroatoms. The summed E-state index contributed by atoms with van der Waals surface area (Å²) >= 11 is 3.01. The number of aryl methyl sites for hydroxylation is 2. The van der Waals surface area contributed by atoms with Crippen molar-refractivity contribution in [2.45, 2.75) is 32.3 Å². The van der Waals surface area contributed by atoms with E-state index in [1.54, 1.807) is 23.0 Å². The molecule has 2 heterocycles. The second kappa shape index (κ2) is 8.15. The first kappa shape index (κ1) is 19.5. The highest BCUT2D eigenvalue weighted by molar-refractivity contribution is 7.99. The smallest absolute Gasteiger partial charge is 0.267 e. The molecular formula is C20H21N3O2S2. The van der Waals surface area contributed by atoms with Crippen LogP contribution in [0, 0.1) is 24.2 Å². The van der Waals surface area contributed by atoms with Crippen molar-refractivity contribution in [3.05, 3.63) is 45.1 Å². The fraction of sp³-hybridized carbons (Fsp3) is 0.350. The van der Waals surface area contributed by atoms with Crippen molar-refractivity contribution in [1.29, 1.82) is 5.26 Å². The predicted octanol–water partition coefficient (Wildman–Crippen LogP) is 4.58.